The first-order valence-electron chi connectivity index (χ1n) is 5.92. The van der Waals surface area contributed by atoms with E-state index in [-0.39, 0.29) is 5.69 Å². The topological polar surface area (TPSA) is 72.3 Å². The number of hydrogen-bond donors (Lipinski definition) is 1. The van der Waals surface area contributed by atoms with Gasteiger partial charge in [0, 0.05) is 10.5 Å². The molecule has 0 fully saturated rings. The molecule has 0 unspecified atom stereocenters. The third-order valence-electron chi connectivity index (χ3n) is 2.92. The summed E-state index contributed by atoms with van der Waals surface area (Å²) < 4.78 is 8.08. The molecule has 0 saturated carbocycles. The van der Waals surface area contributed by atoms with Crippen molar-refractivity contribution in [2.75, 3.05) is 0 Å². The minimum Gasteiger partial charge on any atom is -0.439 e. The summed E-state index contributed by atoms with van der Waals surface area (Å²) in [6, 6.07) is 5.43. The number of aromatic nitrogens is 4. The van der Waals surface area contributed by atoms with Gasteiger partial charge in [-0.3, -0.25) is 0 Å². The smallest absolute Gasteiger partial charge is 0.348 e. The maximum atomic E-state index is 11.3. The normalized spacial score (nSPS) is 10.9. The van der Waals surface area contributed by atoms with Crippen LogP contribution in [0.3, 0.4) is 0 Å². The van der Waals surface area contributed by atoms with Crippen molar-refractivity contribution in [2.24, 2.45) is 0 Å². The molecular weight excluding hydrogens is 324 g/mol. The number of H-pyrrole nitrogens is 1. The van der Waals surface area contributed by atoms with Gasteiger partial charge in [0.15, 0.2) is 5.65 Å². The number of aryl methyl sites for hydroxylation is 2. The fourth-order valence-corrected chi connectivity index (χ4v) is 2.16. The Balaban J connectivity index is 1.98. The molecule has 2 aromatic heterocycles. The molecule has 6 nitrogen and oxygen atoms in total. The molecule has 0 bridgehead atoms. The van der Waals surface area contributed by atoms with Crippen LogP contribution < -0.4 is 10.4 Å². The van der Waals surface area contributed by atoms with Gasteiger partial charge in [0.1, 0.15) is 12.1 Å². The molecule has 0 amide bonds. The summed E-state index contributed by atoms with van der Waals surface area (Å²) in [5, 5.41) is 6.22. The lowest BCUT2D eigenvalue weighted by Gasteiger charge is -2.09. The quantitative estimate of drug-likeness (QED) is 0.781. The summed E-state index contributed by atoms with van der Waals surface area (Å²) in [6.45, 7) is 3.99. The second-order valence-corrected chi connectivity index (χ2v) is 5.25. The predicted molar refractivity (Wildman–Crippen MR) is 77.3 cm³/mol. The fourth-order valence-electron chi connectivity index (χ4n) is 1.93. The highest BCUT2D eigenvalue weighted by atomic mass is 79.9. The van der Waals surface area contributed by atoms with Crippen molar-refractivity contribution in [3.8, 4) is 11.6 Å². The first kappa shape index (κ1) is 12.9. The zero-order valence-electron chi connectivity index (χ0n) is 10.8. The maximum absolute atomic E-state index is 11.3. The van der Waals surface area contributed by atoms with E-state index in [0.717, 1.165) is 15.6 Å². The van der Waals surface area contributed by atoms with Crippen molar-refractivity contribution >= 4 is 21.6 Å². The Morgan fingerprint density at radius 1 is 1.25 bits per heavy atom. The number of ether oxygens (including phenoxy) is 1. The minimum atomic E-state index is -0.325. The number of aromatic amines is 1. The standard InChI is InChI=1S/C13H11BrN4O2/c1-7-3-9(4-8(2)12(7)14)20-11-5-10-16-17-13(19)18(10)6-15-11/h3-6H,1-2H3,(H,17,19). The molecule has 102 valence electrons. The van der Waals surface area contributed by atoms with Crippen LogP contribution in [-0.4, -0.2) is 19.6 Å². The third-order valence-corrected chi connectivity index (χ3v) is 4.17. The van der Waals surface area contributed by atoms with Crippen LogP contribution in [0.15, 0.2) is 33.8 Å². The Morgan fingerprint density at radius 3 is 2.65 bits per heavy atom. The van der Waals surface area contributed by atoms with Crippen molar-refractivity contribution in [3.05, 3.63) is 50.6 Å². The van der Waals surface area contributed by atoms with Crippen LogP contribution in [0.4, 0.5) is 0 Å². The van der Waals surface area contributed by atoms with Crippen LogP contribution in [0.1, 0.15) is 11.1 Å². The highest BCUT2D eigenvalue weighted by Crippen LogP contribution is 2.28. The van der Waals surface area contributed by atoms with Crippen LogP contribution in [0.5, 0.6) is 11.6 Å². The lowest BCUT2D eigenvalue weighted by atomic mass is 10.1. The Bertz CT molecular complexity index is 830. The number of hydrogen-bond acceptors (Lipinski definition) is 4. The molecule has 0 aliphatic heterocycles. The average molecular weight is 335 g/mol. The Kier molecular flexibility index (Phi) is 3.06. The molecule has 7 heteroatoms. The predicted octanol–water partition coefficient (Wildman–Crippen LogP) is 2.59. The van der Waals surface area contributed by atoms with Gasteiger partial charge in [0.2, 0.25) is 5.88 Å². The molecule has 20 heavy (non-hydrogen) atoms. The second kappa shape index (κ2) is 4.75. The average Bonchev–Trinajstić information content (AvgIpc) is 2.77. The molecule has 0 spiro atoms. The Labute approximate surface area is 122 Å². The van der Waals surface area contributed by atoms with Crippen molar-refractivity contribution in [1.82, 2.24) is 19.6 Å². The van der Waals surface area contributed by atoms with E-state index in [1.807, 2.05) is 26.0 Å². The van der Waals surface area contributed by atoms with Gasteiger partial charge in [-0.05, 0) is 37.1 Å². The van der Waals surface area contributed by atoms with E-state index in [0.29, 0.717) is 17.3 Å². The molecule has 0 aliphatic rings. The van der Waals surface area contributed by atoms with Gasteiger partial charge in [-0.15, -0.1) is 0 Å². The van der Waals surface area contributed by atoms with E-state index >= 15 is 0 Å². The van der Waals surface area contributed by atoms with Gasteiger partial charge in [-0.25, -0.2) is 19.3 Å². The van der Waals surface area contributed by atoms with Crippen LogP contribution in [0.25, 0.3) is 5.65 Å². The van der Waals surface area contributed by atoms with Crippen LogP contribution >= 0.6 is 15.9 Å². The van der Waals surface area contributed by atoms with Gasteiger partial charge in [0.25, 0.3) is 0 Å². The molecule has 0 radical (unpaired) electrons. The first-order valence-corrected chi connectivity index (χ1v) is 6.71. The van der Waals surface area contributed by atoms with Gasteiger partial charge in [-0.2, -0.15) is 5.10 Å². The Morgan fingerprint density at radius 2 is 1.95 bits per heavy atom. The largest absolute Gasteiger partial charge is 0.439 e. The lowest BCUT2D eigenvalue weighted by Crippen LogP contribution is -2.09. The highest BCUT2D eigenvalue weighted by molar-refractivity contribution is 9.10. The van der Waals surface area contributed by atoms with Crippen LogP contribution in [-0.2, 0) is 0 Å². The molecule has 3 aromatic rings. The zero-order valence-corrected chi connectivity index (χ0v) is 12.4. The molecule has 0 atom stereocenters. The maximum Gasteiger partial charge on any atom is 0.348 e. The van der Waals surface area contributed by atoms with Gasteiger partial charge in [-0.1, -0.05) is 15.9 Å². The molecular formula is C13H11BrN4O2. The van der Waals surface area contributed by atoms with E-state index in [9.17, 15) is 4.79 Å². The number of halogens is 1. The summed E-state index contributed by atoms with van der Waals surface area (Å²) in [5.41, 5.74) is 2.30. The first-order chi connectivity index (χ1) is 9.54. The van der Waals surface area contributed by atoms with Crippen molar-refractivity contribution in [1.29, 1.82) is 0 Å². The number of nitrogens with one attached hydrogen (secondary N) is 1. The summed E-state index contributed by atoms with van der Waals surface area (Å²) >= 11 is 3.51. The van der Waals surface area contributed by atoms with Crippen LogP contribution in [0, 0.1) is 13.8 Å². The van der Waals surface area contributed by atoms with Gasteiger partial charge < -0.3 is 4.74 Å². The van der Waals surface area contributed by atoms with Crippen molar-refractivity contribution in [3.63, 3.8) is 0 Å². The summed E-state index contributed by atoms with van der Waals surface area (Å²) in [7, 11) is 0. The Hall–Kier alpha value is -2.15. The summed E-state index contributed by atoms with van der Waals surface area (Å²) in [4.78, 5) is 15.4. The molecule has 1 N–H and O–H groups in total. The second-order valence-electron chi connectivity index (χ2n) is 4.46. The van der Waals surface area contributed by atoms with E-state index in [4.69, 9.17) is 4.74 Å². The third kappa shape index (κ3) is 2.20. The van der Waals surface area contributed by atoms with Gasteiger partial charge >= 0.3 is 5.69 Å². The summed E-state index contributed by atoms with van der Waals surface area (Å²) in [6.07, 6.45) is 1.38. The highest BCUT2D eigenvalue weighted by Gasteiger charge is 2.07. The van der Waals surface area contributed by atoms with E-state index < -0.39 is 0 Å². The van der Waals surface area contributed by atoms with Gasteiger partial charge in [0.05, 0.1) is 0 Å². The number of nitrogens with zero attached hydrogens (tertiary/aromatic N) is 3. The monoisotopic (exact) mass is 334 g/mol. The molecule has 0 saturated heterocycles. The molecule has 2 heterocycles. The van der Waals surface area contributed by atoms with Crippen molar-refractivity contribution < 1.29 is 4.74 Å². The SMILES string of the molecule is Cc1cc(Oc2cc3n[nH]c(=O)n3cn2)cc(C)c1Br. The lowest BCUT2D eigenvalue weighted by molar-refractivity contribution is 0.461. The van der Waals surface area contributed by atoms with Crippen LogP contribution in [0.2, 0.25) is 0 Å². The fraction of sp³-hybridized carbons (Fsp3) is 0.154. The number of rotatable bonds is 2. The molecule has 0 aliphatic carbocycles. The van der Waals surface area contributed by atoms with E-state index in [2.05, 4.69) is 31.1 Å². The summed E-state index contributed by atoms with van der Waals surface area (Å²) in [5.74, 6) is 1.08. The number of fused-ring (bicyclic) bond motifs is 1. The zero-order chi connectivity index (χ0) is 14.3. The van der Waals surface area contributed by atoms with E-state index in [1.165, 1.54) is 10.7 Å². The number of benzene rings is 1. The van der Waals surface area contributed by atoms with Crippen molar-refractivity contribution in [2.45, 2.75) is 13.8 Å². The molecule has 3 rings (SSSR count). The van der Waals surface area contributed by atoms with E-state index in [1.54, 1.807) is 6.07 Å². The molecule has 1 aromatic carbocycles. The minimum absolute atomic E-state index is 0.325.